The summed E-state index contributed by atoms with van der Waals surface area (Å²) >= 11 is 2.87. The normalized spacial score (nSPS) is 12.7. The average Bonchev–Trinajstić information content (AvgIpc) is 3.63. The van der Waals surface area contributed by atoms with Gasteiger partial charge in [0.25, 0.3) is 5.91 Å². The Balaban J connectivity index is 1.17. The third-order valence-corrected chi connectivity index (χ3v) is 9.39. The number of halogens is 1. The molecular formula is C32H29FN4O4S2. The highest BCUT2D eigenvalue weighted by atomic mass is 32.1. The van der Waals surface area contributed by atoms with Gasteiger partial charge in [-0.3, -0.25) is 10.1 Å². The quantitative estimate of drug-likeness (QED) is 0.144. The van der Waals surface area contributed by atoms with Crippen LogP contribution in [0.2, 0.25) is 0 Å². The summed E-state index contributed by atoms with van der Waals surface area (Å²) in [5.41, 5.74) is 4.57. The van der Waals surface area contributed by atoms with E-state index in [1.165, 1.54) is 35.8 Å². The lowest BCUT2D eigenvalue weighted by atomic mass is 9.94. The van der Waals surface area contributed by atoms with Crippen LogP contribution >= 0.6 is 22.7 Å². The van der Waals surface area contributed by atoms with Crippen LogP contribution in [0.3, 0.4) is 0 Å². The Morgan fingerprint density at radius 2 is 1.93 bits per heavy atom. The largest absolute Gasteiger partial charge is 0.491 e. The number of fused-ring (bicyclic) bond motifs is 2. The molecule has 0 aliphatic carbocycles. The maximum atomic E-state index is 14.1. The predicted octanol–water partition coefficient (Wildman–Crippen LogP) is 6.81. The van der Waals surface area contributed by atoms with E-state index in [1.807, 2.05) is 49.4 Å². The highest BCUT2D eigenvalue weighted by Gasteiger charge is 2.27. The molecule has 1 amide bonds. The van der Waals surface area contributed by atoms with Crippen LogP contribution in [-0.4, -0.2) is 42.1 Å². The number of nitrogens with zero attached hydrogens (tertiary/aromatic N) is 3. The van der Waals surface area contributed by atoms with Crippen LogP contribution in [0.15, 0.2) is 60.7 Å². The lowest BCUT2D eigenvalue weighted by Crippen LogP contribution is -2.32. The van der Waals surface area contributed by atoms with E-state index in [2.05, 4.69) is 20.2 Å². The summed E-state index contributed by atoms with van der Waals surface area (Å²) in [4.78, 5) is 38.1. The number of amides is 1. The summed E-state index contributed by atoms with van der Waals surface area (Å²) in [6.07, 6.45) is 1.82. The van der Waals surface area contributed by atoms with Crippen molar-refractivity contribution < 1.29 is 23.5 Å². The molecule has 0 radical (unpaired) electrons. The van der Waals surface area contributed by atoms with Crippen molar-refractivity contribution in [2.75, 3.05) is 30.5 Å². The average molecular weight is 617 g/mol. The van der Waals surface area contributed by atoms with E-state index in [-0.39, 0.29) is 24.0 Å². The molecule has 5 aromatic rings. The van der Waals surface area contributed by atoms with E-state index in [9.17, 15) is 14.0 Å². The summed E-state index contributed by atoms with van der Waals surface area (Å²) in [5, 5.41) is 4.22. The molecule has 1 N–H and O–H groups in total. The molecule has 0 saturated heterocycles. The lowest BCUT2D eigenvalue weighted by Gasteiger charge is -2.29. The smallest absolute Gasteiger partial charge is 0.357 e. The van der Waals surface area contributed by atoms with E-state index >= 15 is 0 Å². The summed E-state index contributed by atoms with van der Waals surface area (Å²) in [5.74, 6) is -0.901. The van der Waals surface area contributed by atoms with Gasteiger partial charge in [0.15, 0.2) is 27.5 Å². The molecule has 0 fully saturated rings. The van der Waals surface area contributed by atoms with Crippen LogP contribution in [0.5, 0.6) is 5.75 Å². The van der Waals surface area contributed by atoms with E-state index in [0.29, 0.717) is 41.8 Å². The summed E-state index contributed by atoms with van der Waals surface area (Å²) in [6.45, 7) is 3.28. The second-order valence-electron chi connectivity index (χ2n) is 10.2. The minimum Gasteiger partial charge on any atom is -0.491 e. The second kappa shape index (κ2) is 12.5. The van der Waals surface area contributed by atoms with Gasteiger partial charge < -0.3 is 14.4 Å². The Kier molecular flexibility index (Phi) is 8.35. The fraction of sp³-hybridized carbons (Fsp3) is 0.250. The first-order valence-corrected chi connectivity index (χ1v) is 15.5. The fourth-order valence-corrected chi connectivity index (χ4v) is 7.06. The fourth-order valence-electron chi connectivity index (χ4n) is 5.09. The van der Waals surface area contributed by atoms with Gasteiger partial charge in [-0.1, -0.05) is 41.7 Å². The molecule has 43 heavy (non-hydrogen) atoms. The maximum absolute atomic E-state index is 14.1. The van der Waals surface area contributed by atoms with Gasteiger partial charge in [0.2, 0.25) is 0 Å². The van der Waals surface area contributed by atoms with Crippen LogP contribution in [0.25, 0.3) is 10.2 Å². The molecule has 6 rings (SSSR count). The minimum atomic E-state index is -0.503. The number of benzene rings is 3. The molecule has 1 aliphatic rings. The number of thiazole rings is 2. The van der Waals surface area contributed by atoms with E-state index in [0.717, 1.165) is 38.2 Å². The van der Waals surface area contributed by atoms with Crippen molar-refractivity contribution >= 4 is 55.0 Å². The highest BCUT2D eigenvalue weighted by Crippen LogP contribution is 2.33. The van der Waals surface area contributed by atoms with Crippen molar-refractivity contribution in [1.82, 2.24) is 9.97 Å². The zero-order valence-electron chi connectivity index (χ0n) is 23.7. The molecule has 2 aromatic heterocycles. The summed E-state index contributed by atoms with van der Waals surface area (Å²) in [6, 6.07) is 18.4. The van der Waals surface area contributed by atoms with Gasteiger partial charge in [-0.15, -0.1) is 11.3 Å². The Bertz CT molecular complexity index is 1790. The van der Waals surface area contributed by atoms with Crippen LogP contribution < -0.4 is 15.0 Å². The van der Waals surface area contributed by atoms with Gasteiger partial charge in [0, 0.05) is 23.5 Å². The Morgan fingerprint density at radius 3 is 2.74 bits per heavy atom. The molecule has 11 heteroatoms. The van der Waals surface area contributed by atoms with Gasteiger partial charge in [-0.05, 0) is 73.2 Å². The first kappa shape index (κ1) is 28.8. The number of hydrogen-bond acceptors (Lipinski definition) is 9. The standard InChI is InChI=1S/C32H29FN4O4S2/c1-19-12-13-25(23(33)17-19)41-16-6-11-27-28(30(39)40-2)35-32(43-27)37-15-14-20-7-5-8-21(22(20)18-37)29(38)36-31-34-24-9-3-4-10-26(24)42-31/h3-5,7-10,12-13,17H,6,11,14-16,18H2,1-2H3,(H,34,36,38). The number of methoxy groups -OCH3 is 1. The number of aryl methyl sites for hydroxylation is 2. The van der Waals surface area contributed by atoms with Crippen LogP contribution in [0.1, 0.15) is 48.8 Å². The number of esters is 1. The van der Waals surface area contributed by atoms with Crippen molar-refractivity contribution in [3.8, 4) is 5.75 Å². The van der Waals surface area contributed by atoms with E-state index < -0.39 is 11.8 Å². The summed E-state index contributed by atoms with van der Waals surface area (Å²) < 4.78 is 25.8. The zero-order valence-corrected chi connectivity index (χ0v) is 25.3. The Hall–Kier alpha value is -4.35. The van der Waals surface area contributed by atoms with Gasteiger partial charge >= 0.3 is 5.97 Å². The number of anilines is 2. The van der Waals surface area contributed by atoms with Crippen LogP contribution in [-0.2, 0) is 24.1 Å². The highest BCUT2D eigenvalue weighted by molar-refractivity contribution is 7.22. The number of nitrogens with one attached hydrogen (secondary N) is 1. The maximum Gasteiger partial charge on any atom is 0.357 e. The minimum absolute atomic E-state index is 0.207. The molecule has 3 heterocycles. The zero-order chi connectivity index (χ0) is 29.9. The van der Waals surface area contributed by atoms with Gasteiger partial charge in [0.05, 0.1) is 23.9 Å². The Morgan fingerprint density at radius 1 is 1.07 bits per heavy atom. The predicted molar refractivity (Wildman–Crippen MR) is 167 cm³/mol. The van der Waals surface area contributed by atoms with Crippen LogP contribution in [0, 0.1) is 12.7 Å². The van der Waals surface area contributed by atoms with Crippen molar-refractivity contribution in [1.29, 1.82) is 0 Å². The van der Waals surface area contributed by atoms with Crippen molar-refractivity contribution in [2.24, 2.45) is 0 Å². The number of aromatic nitrogens is 2. The molecule has 0 bridgehead atoms. The number of para-hydroxylation sites is 1. The second-order valence-corrected chi connectivity index (χ2v) is 12.3. The van der Waals surface area contributed by atoms with Gasteiger partial charge in [-0.25, -0.2) is 19.2 Å². The molecule has 0 unspecified atom stereocenters. The molecule has 8 nitrogen and oxygen atoms in total. The molecule has 0 saturated carbocycles. The molecule has 220 valence electrons. The topological polar surface area (TPSA) is 93.7 Å². The number of hydrogen-bond donors (Lipinski definition) is 1. The number of carbonyl (C=O) groups excluding carboxylic acids is 2. The third kappa shape index (κ3) is 6.23. The summed E-state index contributed by atoms with van der Waals surface area (Å²) in [7, 11) is 1.34. The first-order valence-electron chi connectivity index (χ1n) is 13.9. The molecule has 0 atom stereocenters. The molecule has 3 aromatic carbocycles. The SMILES string of the molecule is COC(=O)c1nc(N2CCc3cccc(C(=O)Nc4nc5ccccc5s4)c3C2)sc1CCCOc1ccc(C)cc1F. The molecular weight excluding hydrogens is 588 g/mol. The lowest BCUT2D eigenvalue weighted by molar-refractivity contribution is 0.0593. The van der Waals surface area contributed by atoms with Crippen molar-refractivity contribution in [3.63, 3.8) is 0 Å². The first-order chi connectivity index (χ1) is 20.9. The van der Waals surface area contributed by atoms with Crippen LogP contribution in [0.4, 0.5) is 14.7 Å². The number of carbonyl (C=O) groups is 2. The van der Waals surface area contributed by atoms with Gasteiger partial charge in [0.1, 0.15) is 0 Å². The Labute approximate surface area is 256 Å². The van der Waals surface area contributed by atoms with E-state index in [1.54, 1.807) is 12.1 Å². The number of ether oxygens (including phenoxy) is 2. The third-order valence-electron chi connectivity index (χ3n) is 7.26. The van der Waals surface area contributed by atoms with Crippen molar-refractivity contribution in [2.45, 2.75) is 32.7 Å². The van der Waals surface area contributed by atoms with E-state index in [4.69, 9.17) is 9.47 Å². The van der Waals surface area contributed by atoms with Gasteiger partial charge in [-0.2, -0.15) is 0 Å². The number of rotatable bonds is 9. The molecule has 1 aliphatic heterocycles. The van der Waals surface area contributed by atoms with Crippen molar-refractivity contribution in [3.05, 3.63) is 99.3 Å². The molecule has 0 spiro atoms. The monoisotopic (exact) mass is 616 g/mol.